The summed E-state index contributed by atoms with van der Waals surface area (Å²) in [5.41, 5.74) is 6.01. The Kier molecular flexibility index (Phi) is 5.07. The van der Waals surface area contributed by atoms with Crippen LogP contribution in [0.4, 0.5) is 0 Å². The second kappa shape index (κ2) is 6.58. The number of hydrogen-bond acceptors (Lipinski definition) is 3. The van der Waals surface area contributed by atoms with Gasteiger partial charge in [-0.15, -0.1) is 0 Å². The van der Waals surface area contributed by atoms with Gasteiger partial charge < -0.3 is 11.1 Å². The van der Waals surface area contributed by atoms with Crippen LogP contribution in [-0.2, 0) is 0 Å². The second-order valence-corrected chi connectivity index (χ2v) is 5.48. The van der Waals surface area contributed by atoms with Crippen LogP contribution in [0.25, 0.3) is 0 Å². The molecule has 4 N–H and O–H groups in total. The highest BCUT2D eigenvalue weighted by atomic mass is 15.1. The van der Waals surface area contributed by atoms with Crippen LogP contribution in [0.2, 0.25) is 0 Å². The molecule has 0 amide bonds. The first-order chi connectivity index (χ1) is 7.84. The summed E-state index contributed by atoms with van der Waals surface area (Å²) in [5.74, 6) is 0. The van der Waals surface area contributed by atoms with Crippen LogP contribution in [0.5, 0.6) is 0 Å². The Labute approximate surface area is 99.5 Å². The Hall–Kier alpha value is -0.120. The highest BCUT2D eigenvalue weighted by Gasteiger charge is 2.18. The van der Waals surface area contributed by atoms with Crippen molar-refractivity contribution >= 4 is 0 Å². The SMILES string of the molecule is NC1CCCCC(CCC2CCCCN2)N1. The molecule has 0 bridgehead atoms. The van der Waals surface area contributed by atoms with E-state index in [2.05, 4.69) is 10.6 Å². The predicted octanol–water partition coefficient (Wildman–Crippen LogP) is 1.73. The Bertz CT molecular complexity index is 190. The molecular weight excluding hydrogens is 198 g/mol. The van der Waals surface area contributed by atoms with Gasteiger partial charge in [-0.2, -0.15) is 0 Å². The van der Waals surface area contributed by atoms with E-state index < -0.39 is 0 Å². The minimum Gasteiger partial charge on any atom is -0.316 e. The average Bonchev–Trinajstić information content (AvgIpc) is 2.52. The summed E-state index contributed by atoms with van der Waals surface area (Å²) in [6.45, 7) is 1.22. The quantitative estimate of drug-likeness (QED) is 0.685. The lowest BCUT2D eigenvalue weighted by atomic mass is 9.96. The van der Waals surface area contributed by atoms with Crippen molar-refractivity contribution in [2.45, 2.75) is 76.0 Å². The van der Waals surface area contributed by atoms with Crippen molar-refractivity contribution < 1.29 is 0 Å². The molecule has 2 saturated heterocycles. The molecule has 0 aromatic heterocycles. The Morgan fingerprint density at radius 2 is 1.56 bits per heavy atom. The molecule has 2 aliphatic heterocycles. The van der Waals surface area contributed by atoms with Gasteiger partial charge in [0.25, 0.3) is 0 Å². The predicted molar refractivity (Wildman–Crippen MR) is 68.2 cm³/mol. The third-order valence-electron chi connectivity index (χ3n) is 4.04. The van der Waals surface area contributed by atoms with Crippen molar-refractivity contribution in [1.29, 1.82) is 0 Å². The van der Waals surface area contributed by atoms with Crippen molar-refractivity contribution in [3.05, 3.63) is 0 Å². The van der Waals surface area contributed by atoms with Gasteiger partial charge in [-0.05, 0) is 45.1 Å². The Morgan fingerprint density at radius 3 is 2.38 bits per heavy atom. The van der Waals surface area contributed by atoms with Crippen LogP contribution in [0.15, 0.2) is 0 Å². The normalized spacial score (nSPS) is 36.9. The molecule has 0 aliphatic carbocycles. The number of piperidine rings is 1. The summed E-state index contributed by atoms with van der Waals surface area (Å²) < 4.78 is 0. The van der Waals surface area contributed by atoms with Crippen LogP contribution in [0, 0.1) is 0 Å². The van der Waals surface area contributed by atoms with Crippen LogP contribution in [-0.4, -0.2) is 24.8 Å². The zero-order chi connectivity index (χ0) is 11.2. The van der Waals surface area contributed by atoms with E-state index >= 15 is 0 Å². The van der Waals surface area contributed by atoms with E-state index in [4.69, 9.17) is 5.73 Å². The number of nitrogens with one attached hydrogen (secondary N) is 2. The summed E-state index contributed by atoms with van der Waals surface area (Å²) in [4.78, 5) is 0. The fourth-order valence-corrected chi connectivity index (χ4v) is 3.02. The van der Waals surface area contributed by atoms with Crippen molar-refractivity contribution in [3.63, 3.8) is 0 Å². The third kappa shape index (κ3) is 4.04. The largest absolute Gasteiger partial charge is 0.316 e. The van der Waals surface area contributed by atoms with Crippen LogP contribution in [0.1, 0.15) is 57.8 Å². The zero-order valence-corrected chi connectivity index (χ0v) is 10.4. The molecule has 2 fully saturated rings. The fraction of sp³-hybridized carbons (Fsp3) is 1.00. The van der Waals surface area contributed by atoms with E-state index in [1.54, 1.807) is 0 Å². The first-order valence-electron chi connectivity index (χ1n) is 7.09. The lowest BCUT2D eigenvalue weighted by Gasteiger charge is -2.26. The zero-order valence-electron chi connectivity index (χ0n) is 10.4. The molecule has 0 aromatic rings. The molecule has 2 rings (SSSR count). The lowest BCUT2D eigenvalue weighted by Crippen LogP contribution is -2.43. The smallest absolute Gasteiger partial charge is 0.0548 e. The van der Waals surface area contributed by atoms with E-state index in [1.165, 1.54) is 57.9 Å². The van der Waals surface area contributed by atoms with Gasteiger partial charge in [-0.1, -0.05) is 19.3 Å². The Balaban J connectivity index is 1.67. The summed E-state index contributed by atoms with van der Waals surface area (Å²) in [6.07, 6.45) is 12.1. The van der Waals surface area contributed by atoms with Crippen LogP contribution < -0.4 is 16.4 Å². The molecule has 2 aliphatic rings. The number of hydrogen-bond donors (Lipinski definition) is 3. The maximum atomic E-state index is 6.01. The molecule has 2 heterocycles. The second-order valence-electron chi connectivity index (χ2n) is 5.48. The lowest BCUT2D eigenvalue weighted by molar-refractivity contribution is 0.337. The van der Waals surface area contributed by atoms with Crippen molar-refractivity contribution in [2.75, 3.05) is 6.54 Å². The minimum absolute atomic E-state index is 0.242. The highest BCUT2D eigenvalue weighted by Crippen LogP contribution is 2.18. The van der Waals surface area contributed by atoms with Gasteiger partial charge in [0, 0.05) is 12.1 Å². The van der Waals surface area contributed by atoms with Gasteiger partial charge in [0.15, 0.2) is 0 Å². The van der Waals surface area contributed by atoms with E-state index in [0.29, 0.717) is 6.04 Å². The molecule has 0 saturated carbocycles. The third-order valence-corrected chi connectivity index (χ3v) is 4.04. The van der Waals surface area contributed by atoms with Gasteiger partial charge in [0.1, 0.15) is 0 Å². The minimum atomic E-state index is 0.242. The molecule has 3 heteroatoms. The van der Waals surface area contributed by atoms with E-state index in [0.717, 1.165) is 12.5 Å². The van der Waals surface area contributed by atoms with Gasteiger partial charge in [-0.25, -0.2) is 0 Å². The summed E-state index contributed by atoms with van der Waals surface area (Å²) >= 11 is 0. The van der Waals surface area contributed by atoms with Crippen LogP contribution in [0.3, 0.4) is 0 Å². The summed E-state index contributed by atoms with van der Waals surface area (Å²) in [7, 11) is 0. The van der Waals surface area contributed by atoms with Crippen LogP contribution >= 0.6 is 0 Å². The van der Waals surface area contributed by atoms with Crippen molar-refractivity contribution in [2.24, 2.45) is 5.73 Å². The monoisotopic (exact) mass is 225 g/mol. The summed E-state index contributed by atoms with van der Waals surface area (Å²) in [5, 5.41) is 7.19. The maximum Gasteiger partial charge on any atom is 0.0548 e. The van der Waals surface area contributed by atoms with Crippen molar-refractivity contribution in [3.8, 4) is 0 Å². The molecule has 94 valence electrons. The van der Waals surface area contributed by atoms with E-state index in [1.807, 2.05) is 0 Å². The maximum absolute atomic E-state index is 6.01. The topological polar surface area (TPSA) is 50.1 Å². The molecule has 3 unspecified atom stereocenters. The molecule has 3 atom stereocenters. The molecule has 16 heavy (non-hydrogen) atoms. The molecule has 0 spiro atoms. The molecular formula is C13H27N3. The van der Waals surface area contributed by atoms with E-state index in [9.17, 15) is 0 Å². The number of nitrogens with two attached hydrogens (primary N) is 1. The van der Waals surface area contributed by atoms with Gasteiger partial charge in [-0.3, -0.25) is 5.32 Å². The fourth-order valence-electron chi connectivity index (χ4n) is 3.02. The first kappa shape index (κ1) is 12.3. The molecule has 0 aromatic carbocycles. The van der Waals surface area contributed by atoms with Crippen molar-refractivity contribution in [1.82, 2.24) is 10.6 Å². The standard InChI is InChI=1S/C13H27N3/c14-13-7-2-1-6-12(16-13)9-8-11-5-3-4-10-15-11/h11-13,15-16H,1-10,14H2. The molecule has 0 radical (unpaired) electrons. The van der Waals surface area contributed by atoms with E-state index in [-0.39, 0.29) is 6.17 Å². The van der Waals surface area contributed by atoms with Gasteiger partial charge in [0.2, 0.25) is 0 Å². The first-order valence-corrected chi connectivity index (χ1v) is 7.09. The molecule has 3 nitrogen and oxygen atoms in total. The van der Waals surface area contributed by atoms with Gasteiger partial charge >= 0.3 is 0 Å². The highest BCUT2D eigenvalue weighted by molar-refractivity contribution is 4.79. The summed E-state index contributed by atoms with van der Waals surface area (Å²) in [6, 6.07) is 1.44. The number of rotatable bonds is 3. The average molecular weight is 225 g/mol. The Morgan fingerprint density at radius 1 is 0.875 bits per heavy atom. The van der Waals surface area contributed by atoms with Gasteiger partial charge in [0.05, 0.1) is 6.17 Å².